The molecule has 4 aromatic rings. The van der Waals surface area contributed by atoms with Crippen LogP contribution in [-0.4, -0.2) is 9.97 Å². The lowest BCUT2D eigenvalue weighted by molar-refractivity contribution is 0.572. The molecule has 0 bridgehead atoms. The number of halogens is 2. The van der Waals surface area contributed by atoms with Gasteiger partial charge in [0.25, 0.3) is 0 Å². The first-order chi connectivity index (χ1) is 13.4. The molecule has 0 radical (unpaired) electrons. The third-order valence-electron chi connectivity index (χ3n) is 4.58. The Labute approximate surface area is 172 Å². The molecule has 0 fully saturated rings. The Kier molecular flexibility index (Phi) is 4.72. The summed E-state index contributed by atoms with van der Waals surface area (Å²) in [5.74, 6) is 1.60. The predicted molar refractivity (Wildman–Crippen MR) is 113 cm³/mol. The lowest BCUT2D eigenvalue weighted by Crippen LogP contribution is -1.84. The molecule has 138 valence electrons. The van der Waals surface area contributed by atoms with E-state index >= 15 is 0 Å². The number of benzene rings is 2. The number of hydrogen-bond donors (Lipinski definition) is 1. The van der Waals surface area contributed by atoms with Crippen molar-refractivity contribution < 1.29 is 4.42 Å². The molecule has 0 atom stereocenters. The molecule has 6 heteroatoms. The molecule has 0 unspecified atom stereocenters. The van der Waals surface area contributed by atoms with Gasteiger partial charge < -0.3 is 9.40 Å². The second-order valence-corrected chi connectivity index (χ2v) is 7.38. The fourth-order valence-corrected chi connectivity index (χ4v) is 3.34. The average molecular weight is 408 g/mol. The molecular formula is C22H15Cl2N3O. The molecule has 0 aliphatic heterocycles. The Hall–Kier alpha value is -3.00. The van der Waals surface area contributed by atoms with Crippen molar-refractivity contribution in [3.63, 3.8) is 0 Å². The highest BCUT2D eigenvalue weighted by molar-refractivity contribution is 6.35. The molecule has 0 aliphatic carbocycles. The van der Waals surface area contributed by atoms with Crippen LogP contribution in [0.5, 0.6) is 0 Å². The van der Waals surface area contributed by atoms with Crippen LogP contribution in [0.4, 0.5) is 0 Å². The predicted octanol–water partition coefficient (Wildman–Crippen LogP) is 6.81. The Morgan fingerprint density at radius 1 is 1.11 bits per heavy atom. The van der Waals surface area contributed by atoms with Crippen molar-refractivity contribution in [3.8, 4) is 17.4 Å². The first-order valence-electron chi connectivity index (χ1n) is 8.59. The van der Waals surface area contributed by atoms with Crippen molar-refractivity contribution in [2.45, 2.75) is 13.8 Å². The summed E-state index contributed by atoms with van der Waals surface area (Å²) in [6.07, 6.45) is 1.65. The molecule has 0 spiro atoms. The molecule has 4 nitrogen and oxygen atoms in total. The molecule has 0 saturated carbocycles. The van der Waals surface area contributed by atoms with Crippen molar-refractivity contribution >= 4 is 45.9 Å². The second kappa shape index (κ2) is 7.20. The van der Waals surface area contributed by atoms with E-state index in [1.807, 2.05) is 26.0 Å². The first-order valence-corrected chi connectivity index (χ1v) is 9.34. The van der Waals surface area contributed by atoms with Crippen LogP contribution in [-0.2, 0) is 0 Å². The van der Waals surface area contributed by atoms with Gasteiger partial charge in [-0.25, -0.2) is 4.98 Å². The highest BCUT2D eigenvalue weighted by Gasteiger charge is 2.12. The number of aryl methyl sites for hydroxylation is 2. The summed E-state index contributed by atoms with van der Waals surface area (Å²) >= 11 is 12.3. The Morgan fingerprint density at radius 2 is 1.89 bits per heavy atom. The minimum atomic E-state index is 0.379. The number of H-pyrrole nitrogens is 1. The SMILES string of the molecule is Cc1cc2nc(/C(C#N)=C/c3ccc(-c4cc(Cl)ccc4Cl)o3)[nH]c2cc1C. The van der Waals surface area contributed by atoms with Gasteiger partial charge in [-0.1, -0.05) is 23.2 Å². The van der Waals surface area contributed by atoms with Gasteiger partial charge in [0.1, 0.15) is 23.4 Å². The summed E-state index contributed by atoms with van der Waals surface area (Å²) in [5, 5.41) is 10.7. The van der Waals surface area contributed by atoms with Gasteiger partial charge in [-0.15, -0.1) is 0 Å². The van der Waals surface area contributed by atoms with Gasteiger partial charge in [0, 0.05) is 16.7 Å². The quantitative estimate of drug-likeness (QED) is 0.379. The number of allylic oxidation sites excluding steroid dienone is 1. The van der Waals surface area contributed by atoms with Crippen LogP contribution in [0.15, 0.2) is 46.9 Å². The lowest BCUT2D eigenvalue weighted by atomic mass is 10.1. The summed E-state index contributed by atoms with van der Waals surface area (Å²) in [6.45, 7) is 4.08. The zero-order chi connectivity index (χ0) is 19.8. The standard InChI is InChI=1S/C22H15Cl2N3O/c1-12-7-19-20(8-13(12)2)27-22(26-19)14(11-25)9-16-4-6-21(28-16)17-10-15(23)3-5-18(17)24/h3-10H,1-2H3,(H,26,27)/b14-9+. The summed E-state index contributed by atoms with van der Waals surface area (Å²) < 4.78 is 5.86. The molecule has 4 rings (SSSR count). The van der Waals surface area contributed by atoms with Crippen molar-refractivity contribution in [1.82, 2.24) is 9.97 Å². The monoisotopic (exact) mass is 407 g/mol. The molecule has 0 saturated heterocycles. The number of furan rings is 1. The molecule has 28 heavy (non-hydrogen) atoms. The summed E-state index contributed by atoms with van der Waals surface area (Å²) in [5.41, 5.74) is 5.11. The van der Waals surface area contributed by atoms with Crippen molar-refractivity contribution in [3.05, 3.63) is 75.2 Å². The number of aromatic nitrogens is 2. The van der Waals surface area contributed by atoms with Gasteiger partial charge in [-0.3, -0.25) is 0 Å². The molecule has 1 N–H and O–H groups in total. The Balaban J connectivity index is 1.72. The Bertz CT molecular complexity index is 1240. The number of nitrogens with zero attached hydrogens (tertiary/aromatic N) is 2. The van der Waals surface area contributed by atoms with E-state index in [0.29, 0.717) is 38.5 Å². The minimum Gasteiger partial charge on any atom is -0.457 e. The van der Waals surface area contributed by atoms with E-state index in [1.54, 1.807) is 36.4 Å². The molecular weight excluding hydrogens is 393 g/mol. The third-order valence-corrected chi connectivity index (χ3v) is 5.14. The number of fused-ring (bicyclic) bond motifs is 1. The zero-order valence-electron chi connectivity index (χ0n) is 15.2. The first kappa shape index (κ1) is 18.4. The van der Waals surface area contributed by atoms with E-state index in [9.17, 15) is 5.26 Å². The fourth-order valence-electron chi connectivity index (χ4n) is 2.95. The van der Waals surface area contributed by atoms with Crippen LogP contribution < -0.4 is 0 Å². The summed E-state index contributed by atoms with van der Waals surface area (Å²) in [7, 11) is 0. The maximum absolute atomic E-state index is 9.62. The van der Waals surface area contributed by atoms with Crippen molar-refractivity contribution in [1.29, 1.82) is 5.26 Å². The number of imidazole rings is 1. The van der Waals surface area contributed by atoms with Gasteiger partial charge in [0.05, 0.1) is 21.6 Å². The van der Waals surface area contributed by atoms with Crippen LogP contribution >= 0.6 is 23.2 Å². The minimum absolute atomic E-state index is 0.379. The van der Waals surface area contributed by atoms with Gasteiger partial charge in [-0.05, 0) is 67.4 Å². The van der Waals surface area contributed by atoms with E-state index in [-0.39, 0.29) is 0 Å². The van der Waals surface area contributed by atoms with Crippen LogP contribution in [0.3, 0.4) is 0 Å². The number of aromatic amines is 1. The van der Waals surface area contributed by atoms with Crippen LogP contribution in [0.25, 0.3) is 34.0 Å². The maximum Gasteiger partial charge on any atom is 0.149 e. The van der Waals surface area contributed by atoms with E-state index in [1.165, 1.54) is 5.56 Å². The maximum atomic E-state index is 9.62. The zero-order valence-corrected chi connectivity index (χ0v) is 16.7. The number of hydrogen-bond acceptors (Lipinski definition) is 3. The van der Waals surface area contributed by atoms with E-state index in [4.69, 9.17) is 27.6 Å². The lowest BCUT2D eigenvalue weighted by Gasteiger charge is -2.01. The van der Waals surface area contributed by atoms with Crippen LogP contribution in [0.2, 0.25) is 10.0 Å². The highest BCUT2D eigenvalue weighted by atomic mass is 35.5. The normalized spacial score (nSPS) is 11.8. The van der Waals surface area contributed by atoms with Crippen molar-refractivity contribution in [2.24, 2.45) is 0 Å². The number of nitriles is 1. The molecule has 0 aliphatic rings. The molecule has 2 aromatic carbocycles. The van der Waals surface area contributed by atoms with Gasteiger partial charge in [0.15, 0.2) is 0 Å². The van der Waals surface area contributed by atoms with Gasteiger partial charge >= 0.3 is 0 Å². The van der Waals surface area contributed by atoms with E-state index < -0.39 is 0 Å². The van der Waals surface area contributed by atoms with E-state index in [2.05, 4.69) is 16.0 Å². The van der Waals surface area contributed by atoms with E-state index in [0.717, 1.165) is 16.6 Å². The number of nitrogens with one attached hydrogen (secondary N) is 1. The fraction of sp³-hybridized carbons (Fsp3) is 0.0909. The van der Waals surface area contributed by atoms with Gasteiger partial charge in [0.2, 0.25) is 0 Å². The summed E-state index contributed by atoms with van der Waals surface area (Å²) in [4.78, 5) is 7.75. The van der Waals surface area contributed by atoms with Crippen molar-refractivity contribution in [2.75, 3.05) is 0 Å². The smallest absolute Gasteiger partial charge is 0.149 e. The largest absolute Gasteiger partial charge is 0.457 e. The van der Waals surface area contributed by atoms with Crippen LogP contribution in [0.1, 0.15) is 22.7 Å². The molecule has 0 amide bonds. The second-order valence-electron chi connectivity index (χ2n) is 6.54. The topological polar surface area (TPSA) is 65.6 Å². The highest BCUT2D eigenvalue weighted by Crippen LogP contribution is 2.32. The number of rotatable bonds is 3. The Morgan fingerprint density at radius 3 is 2.68 bits per heavy atom. The molecule has 2 aromatic heterocycles. The summed E-state index contributed by atoms with van der Waals surface area (Å²) in [6, 6.07) is 15.0. The van der Waals surface area contributed by atoms with Gasteiger partial charge in [-0.2, -0.15) is 5.26 Å². The van der Waals surface area contributed by atoms with Crippen LogP contribution in [0, 0.1) is 25.2 Å². The average Bonchev–Trinajstić information content (AvgIpc) is 3.29. The molecule has 2 heterocycles. The third kappa shape index (κ3) is 3.43.